The number of fused-ring (bicyclic) bond motifs is 1. The van der Waals surface area contributed by atoms with Crippen LogP contribution in [0, 0.1) is 0 Å². The molecule has 21 heavy (non-hydrogen) atoms. The largest absolute Gasteiger partial charge is 0.491 e. The number of rotatable bonds is 5. The summed E-state index contributed by atoms with van der Waals surface area (Å²) in [5.41, 5.74) is 9.07. The second-order valence-corrected chi connectivity index (χ2v) is 4.91. The Kier molecular flexibility index (Phi) is 3.73. The van der Waals surface area contributed by atoms with E-state index in [1.807, 2.05) is 42.5 Å². The number of nitrogens with zero attached hydrogens (tertiary/aromatic N) is 3. The van der Waals surface area contributed by atoms with Gasteiger partial charge in [-0.25, -0.2) is 0 Å². The van der Waals surface area contributed by atoms with Gasteiger partial charge in [-0.15, -0.1) is 10.2 Å². The Balaban J connectivity index is 1.94. The minimum Gasteiger partial charge on any atom is -0.491 e. The van der Waals surface area contributed by atoms with Gasteiger partial charge in [-0.3, -0.25) is 0 Å². The quantitative estimate of drug-likeness (QED) is 0.576. The van der Waals surface area contributed by atoms with E-state index in [1.165, 1.54) is 0 Å². The van der Waals surface area contributed by atoms with Gasteiger partial charge in [0.05, 0.1) is 18.0 Å². The van der Waals surface area contributed by atoms with Crippen LogP contribution in [0.4, 0.5) is 5.69 Å². The van der Waals surface area contributed by atoms with E-state index >= 15 is 0 Å². The van der Waals surface area contributed by atoms with Crippen LogP contribution in [0.2, 0.25) is 0 Å². The van der Waals surface area contributed by atoms with Gasteiger partial charge in [-0.2, -0.15) is 4.80 Å². The number of hydrogen-bond donors (Lipinski definition) is 1. The predicted octanol–water partition coefficient (Wildman–Crippen LogP) is 3.18. The number of ether oxygens (including phenoxy) is 1. The first-order chi connectivity index (χ1) is 10.3. The maximum Gasteiger partial charge on any atom is 0.144 e. The molecule has 0 aliphatic rings. The molecule has 108 valence electrons. The SMILES string of the molecule is CCCCOc1cc2nn(-c3ccccc3)nc2cc1N. The molecule has 0 aliphatic carbocycles. The molecule has 0 amide bonds. The van der Waals surface area contributed by atoms with Crippen molar-refractivity contribution in [3.05, 3.63) is 42.5 Å². The van der Waals surface area contributed by atoms with Crippen LogP contribution in [0.25, 0.3) is 16.7 Å². The lowest BCUT2D eigenvalue weighted by Gasteiger charge is -2.07. The van der Waals surface area contributed by atoms with Gasteiger partial charge in [0.2, 0.25) is 0 Å². The van der Waals surface area contributed by atoms with Gasteiger partial charge in [0.15, 0.2) is 0 Å². The molecule has 5 nitrogen and oxygen atoms in total. The van der Waals surface area contributed by atoms with Gasteiger partial charge in [0, 0.05) is 6.07 Å². The van der Waals surface area contributed by atoms with Crippen LogP contribution in [-0.4, -0.2) is 21.6 Å². The standard InChI is InChI=1S/C16H18N4O/c1-2-3-9-21-16-11-15-14(10-13(16)17)18-20(19-15)12-7-5-4-6-8-12/h4-8,10-11H,2-3,9,17H2,1H3. The van der Waals surface area contributed by atoms with E-state index in [-0.39, 0.29) is 0 Å². The number of nitrogen functional groups attached to an aromatic ring is 1. The molecule has 0 bridgehead atoms. The van der Waals surface area contributed by atoms with Crippen LogP contribution < -0.4 is 10.5 Å². The third kappa shape index (κ3) is 2.81. The lowest BCUT2D eigenvalue weighted by atomic mass is 10.2. The second-order valence-electron chi connectivity index (χ2n) is 4.91. The molecule has 5 heteroatoms. The topological polar surface area (TPSA) is 66.0 Å². The number of hydrogen-bond acceptors (Lipinski definition) is 4. The molecule has 0 spiro atoms. The monoisotopic (exact) mass is 282 g/mol. The molecule has 0 fully saturated rings. The lowest BCUT2D eigenvalue weighted by molar-refractivity contribution is 0.311. The van der Waals surface area contributed by atoms with Crippen molar-refractivity contribution in [2.45, 2.75) is 19.8 Å². The van der Waals surface area contributed by atoms with Crippen LogP contribution in [0.15, 0.2) is 42.5 Å². The number of benzene rings is 2. The highest BCUT2D eigenvalue weighted by Crippen LogP contribution is 2.27. The maximum atomic E-state index is 6.01. The van der Waals surface area contributed by atoms with E-state index in [4.69, 9.17) is 10.5 Å². The van der Waals surface area contributed by atoms with E-state index in [9.17, 15) is 0 Å². The van der Waals surface area contributed by atoms with Crippen LogP contribution in [0.5, 0.6) is 5.75 Å². The summed E-state index contributed by atoms with van der Waals surface area (Å²) in [4.78, 5) is 1.61. The highest BCUT2D eigenvalue weighted by molar-refractivity contribution is 5.81. The van der Waals surface area contributed by atoms with Crippen LogP contribution in [-0.2, 0) is 0 Å². The molecule has 0 unspecified atom stereocenters. The molecular formula is C16H18N4O. The van der Waals surface area contributed by atoms with E-state index in [1.54, 1.807) is 4.80 Å². The lowest BCUT2D eigenvalue weighted by Crippen LogP contribution is -1.99. The van der Waals surface area contributed by atoms with E-state index < -0.39 is 0 Å². The third-order valence-electron chi connectivity index (χ3n) is 3.25. The summed E-state index contributed by atoms with van der Waals surface area (Å²) in [6, 6.07) is 13.5. The van der Waals surface area contributed by atoms with Crippen LogP contribution >= 0.6 is 0 Å². The van der Waals surface area contributed by atoms with Gasteiger partial charge < -0.3 is 10.5 Å². The molecule has 1 aromatic heterocycles. The fourth-order valence-corrected chi connectivity index (χ4v) is 2.09. The van der Waals surface area contributed by atoms with Crippen LogP contribution in [0.3, 0.4) is 0 Å². The van der Waals surface area contributed by atoms with Gasteiger partial charge in [0.1, 0.15) is 16.8 Å². The Labute approximate surface area is 123 Å². The average Bonchev–Trinajstić information content (AvgIpc) is 2.91. The number of nitrogens with two attached hydrogens (primary N) is 1. The smallest absolute Gasteiger partial charge is 0.144 e. The summed E-state index contributed by atoms with van der Waals surface area (Å²) in [5, 5.41) is 8.93. The van der Waals surface area contributed by atoms with Crippen molar-refractivity contribution in [2.24, 2.45) is 0 Å². The van der Waals surface area contributed by atoms with Gasteiger partial charge in [-0.1, -0.05) is 31.5 Å². The third-order valence-corrected chi connectivity index (χ3v) is 3.25. The minimum atomic E-state index is 0.596. The number of para-hydroxylation sites is 1. The predicted molar refractivity (Wildman–Crippen MR) is 83.7 cm³/mol. The molecule has 2 aromatic carbocycles. The van der Waals surface area contributed by atoms with Crippen molar-refractivity contribution in [1.82, 2.24) is 15.0 Å². The summed E-state index contributed by atoms with van der Waals surface area (Å²) in [6.07, 6.45) is 2.10. The summed E-state index contributed by atoms with van der Waals surface area (Å²) in [5.74, 6) is 0.677. The Bertz CT molecular complexity index is 737. The Morgan fingerprint density at radius 3 is 2.52 bits per heavy atom. The molecule has 0 saturated carbocycles. The molecule has 0 saturated heterocycles. The average molecular weight is 282 g/mol. The molecule has 3 rings (SSSR count). The molecule has 0 atom stereocenters. The van der Waals surface area contributed by atoms with E-state index in [0.717, 1.165) is 29.6 Å². The van der Waals surface area contributed by atoms with Crippen molar-refractivity contribution in [1.29, 1.82) is 0 Å². The Morgan fingerprint density at radius 2 is 1.81 bits per heavy atom. The summed E-state index contributed by atoms with van der Waals surface area (Å²) < 4.78 is 5.70. The maximum absolute atomic E-state index is 6.01. The molecule has 2 N–H and O–H groups in total. The fourth-order valence-electron chi connectivity index (χ4n) is 2.09. The van der Waals surface area contributed by atoms with Gasteiger partial charge in [-0.05, 0) is 24.6 Å². The van der Waals surface area contributed by atoms with Gasteiger partial charge >= 0.3 is 0 Å². The van der Waals surface area contributed by atoms with Gasteiger partial charge in [0.25, 0.3) is 0 Å². The summed E-state index contributed by atoms with van der Waals surface area (Å²) in [6.45, 7) is 2.79. The Hall–Kier alpha value is -2.56. The minimum absolute atomic E-state index is 0.596. The molecule has 0 aliphatic heterocycles. The van der Waals surface area contributed by atoms with E-state index in [0.29, 0.717) is 18.0 Å². The van der Waals surface area contributed by atoms with Crippen molar-refractivity contribution in [3.8, 4) is 11.4 Å². The number of aromatic nitrogens is 3. The zero-order valence-corrected chi connectivity index (χ0v) is 12.0. The first-order valence-electron chi connectivity index (χ1n) is 7.12. The van der Waals surface area contributed by atoms with Crippen molar-refractivity contribution < 1.29 is 4.74 Å². The zero-order valence-electron chi connectivity index (χ0n) is 12.0. The molecule has 0 radical (unpaired) electrons. The number of anilines is 1. The van der Waals surface area contributed by atoms with Crippen LogP contribution in [0.1, 0.15) is 19.8 Å². The first-order valence-corrected chi connectivity index (χ1v) is 7.12. The highest BCUT2D eigenvalue weighted by Gasteiger charge is 2.09. The first kappa shape index (κ1) is 13.4. The molecule has 3 aromatic rings. The fraction of sp³-hybridized carbons (Fsp3) is 0.250. The summed E-state index contributed by atoms with van der Waals surface area (Å²) >= 11 is 0. The highest BCUT2D eigenvalue weighted by atomic mass is 16.5. The normalized spacial score (nSPS) is 10.9. The summed E-state index contributed by atoms with van der Waals surface area (Å²) in [7, 11) is 0. The molecule has 1 heterocycles. The Morgan fingerprint density at radius 1 is 1.10 bits per heavy atom. The molecular weight excluding hydrogens is 264 g/mol. The second kappa shape index (κ2) is 5.83. The zero-order chi connectivity index (χ0) is 14.7. The van der Waals surface area contributed by atoms with Crippen molar-refractivity contribution in [3.63, 3.8) is 0 Å². The van der Waals surface area contributed by atoms with Crippen molar-refractivity contribution in [2.75, 3.05) is 12.3 Å². The number of unbranched alkanes of at least 4 members (excludes halogenated alkanes) is 1. The van der Waals surface area contributed by atoms with Crippen molar-refractivity contribution >= 4 is 16.7 Å². The van der Waals surface area contributed by atoms with E-state index in [2.05, 4.69) is 17.1 Å².